The molecule has 1 heterocycles. The zero-order valence-corrected chi connectivity index (χ0v) is 13.3. The molecular weight excluding hydrogens is 276 g/mol. The van der Waals surface area contributed by atoms with E-state index in [0.29, 0.717) is 31.1 Å². The van der Waals surface area contributed by atoms with E-state index in [-0.39, 0.29) is 5.91 Å². The van der Waals surface area contributed by atoms with Gasteiger partial charge >= 0.3 is 0 Å². The monoisotopic (exact) mass is 298 g/mol. The number of anilines is 1. The van der Waals surface area contributed by atoms with Crippen LogP contribution in [-0.2, 0) is 6.54 Å². The van der Waals surface area contributed by atoms with E-state index >= 15 is 0 Å². The number of amides is 1. The van der Waals surface area contributed by atoms with E-state index in [1.54, 1.807) is 11.0 Å². The van der Waals surface area contributed by atoms with Gasteiger partial charge in [-0.05, 0) is 31.9 Å². The van der Waals surface area contributed by atoms with Gasteiger partial charge in [0, 0.05) is 25.7 Å². The van der Waals surface area contributed by atoms with Crippen molar-refractivity contribution in [3.63, 3.8) is 0 Å². The molecule has 0 aliphatic rings. The molecule has 0 aliphatic heterocycles. The highest BCUT2D eigenvalue weighted by Crippen LogP contribution is 2.11. The lowest BCUT2D eigenvalue weighted by Crippen LogP contribution is -2.31. The standard InChI is InChI=1S/C17H22N4O/c1-4-21(5-2)17(22)15-10-16(20-12-19-15)18-11-14-9-7-6-8-13(14)3/h6-10,12H,4-5,11H2,1-3H3,(H,18,19,20). The van der Waals surface area contributed by atoms with Crippen LogP contribution in [0.5, 0.6) is 0 Å². The smallest absolute Gasteiger partial charge is 0.272 e. The van der Waals surface area contributed by atoms with Crippen LogP contribution in [0.25, 0.3) is 0 Å². The van der Waals surface area contributed by atoms with Crippen molar-refractivity contribution < 1.29 is 4.79 Å². The van der Waals surface area contributed by atoms with E-state index in [1.165, 1.54) is 17.5 Å². The van der Waals surface area contributed by atoms with Crippen LogP contribution in [0.15, 0.2) is 36.7 Å². The van der Waals surface area contributed by atoms with Gasteiger partial charge in [0.05, 0.1) is 0 Å². The summed E-state index contributed by atoms with van der Waals surface area (Å²) in [6, 6.07) is 9.89. The van der Waals surface area contributed by atoms with Crippen molar-refractivity contribution in [2.45, 2.75) is 27.3 Å². The largest absolute Gasteiger partial charge is 0.366 e. The van der Waals surface area contributed by atoms with Crippen LogP contribution in [0, 0.1) is 6.92 Å². The van der Waals surface area contributed by atoms with E-state index in [2.05, 4.69) is 34.3 Å². The number of nitrogens with zero attached hydrogens (tertiary/aromatic N) is 3. The van der Waals surface area contributed by atoms with E-state index < -0.39 is 0 Å². The van der Waals surface area contributed by atoms with Crippen molar-refractivity contribution in [3.8, 4) is 0 Å². The molecule has 1 aromatic heterocycles. The number of nitrogens with one attached hydrogen (secondary N) is 1. The first-order chi connectivity index (χ1) is 10.7. The van der Waals surface area contributed by atoms with Crippen molar-refractivity contribution in [1.82, 2.24) is 14.9 Å². The molecule has 5 heteroatoms. The molecule has 2 aromatic rings. The Balaban J connectivity index is 2.09. The van der Waals surface area contributed by atoms with Crippen molar-refractivity contribution in [2.75, 3.05) is 18.4 Å². The third kappa shape index (κ3) is 3.81. The van der Waals surface area contributed by atoms with Gasteiger partial charge in [0.1, 0.15) is 17.8 Å². The predicted molar refractivity (Wildman–Crippen MR) is 87.8 cm³/mol. The fourth-order valence-electron chi connectivity index (χ4n) is 2.24. The average molecular weight is 298 g/mol. The normalized spacial score (nSPS) is 10.3. The van der Waals surface area contributed by atoms with Crippen molar-refractivity contribution >= 4 is 11.7 Å². The van der Waals surface area contributed by atoms with Gasteiger partial charge < -0.3 is 10.2 Å². The molecule has 5 nitrogen and oxygen atoms in total. The van der Waals surface area contributed by atoms with E-state index in [4.69, 9.17) is 0 Å². The third-order valence-corrected chi connectivity index (χ3v) is 3.66. The number of hydrogen-bond acceptors (Lipinski definition) is 4. The van der Waals surface area contributed by atoms with E-state index in [9.17, 15) is 4.79 Å². The molecule has 1 aromatic carbocycles. The molecule has 0 bridgehead atoms. The number of rotatable bonds is 6. The summed E-state index contributed by atoms with van der Waals surface area (Å²) in [6.07, 6.45) is 1.43. The number of carbonyl (C=O) groups excluding carboxylic acids is 1. The van der Waals surface area contributed by atoms with Gasteiger partial charge in [0.25, 0.3) is 5.91 Å². The predicted octanol–water partition coefficient (Wildman–Crippen LogP) is 2.88. The molecule has 1 amide bonds. The Morgan fingerprint density at radius 2 is 1.91 bits per heavy atom. The molecule has 22 heavy (non-hydrogen) atoms. The van der Waals surface area contributed by atoms with Gasteiger partial charge in [0.15, 0.2) is 0 Å². The third-order valence-electron chi connectivity index (χ3n) is 3.66. The lowest BCUT2D eigenvalue weighted by molar-refractivity contribution is 0.0767. The lowest BCUT2D eigenvalue weighted by atomic mass is 10.1. The van der Waals surface area contributed by atoms with Crippen molar-refractivity contribution in [1.29, 1.82) is 0 Å². The first kappa shape index (κ1) is 15.9. The van der Waals surface area contributed by atoms with Gasteiger partial charge in [-0.3, -0.25) is 4.79 Å². The number of aromatic nitrogens is 2. The number of benzene rings is 1. The highest BCUT2D eigenvalue weighted by Gasteiger charge is 2.14. The highest BCUT2D eigenvalue weighted by atomic mass is 16.2. The summed E-state index contributed by atoms with van der Waals surface area (Å²) in [4.78, 5) is 22.3. The molecule has 0 saturated carbocycles. The van der Waals surface area contributed by atoms with Crippen LogP contribution < -0.4 is 5.32 Å². The Bertz CT molecular complexity index is 638. The Hall–Kier alpha value is -2.43. The van der Waals surface area contributed by atoms with Gasteiger partial charge in [-0.25, -0.2) is 9.97 Å². The Morgan fingerprint density at radius 1 is 1.18 bits per heavy atom. The Labute approximate surface area is 131 Å². The molecule has 0 radical (unpaired) electrons. The summed E-state index contributed by atoms with van der Waals surface area (Å²) >= 11 is 0. The summed E-state index contributed by atoms with van der Waals surface area (Å²) in [5, 5.41) is 3.25. The second kappa shape index (κ2) is 7.54. The Kier molecular flexibility index (Phi) is 5.47. The van der Waals surface area contributed by atoms with E-state index in [1.807, 2.05) is 26.0 Å². The number of aryl methyl sites for hydroxylation is 1. The van der Waals surface area contributed by atoms with Gasteiger partial charge in [-0.15, -0.1) is 0 Å². The topological polar surface area (TPSA) is 58.1 Å². The van der Waals surface area contributed by atoms with Crippen molar-refractivity contribution in [2.24, 2.45) is 0 Å². The molecule has 0 atom stereocenters. The SMILES string of the molecule is CCN(CC)C(=O)c1cc(NCc2ccccc2C)ncn1. The molecule has 0 saturated heterocycles. The maximum Gasteiger partial charge on any atom is 0.272 e. The zero-order chi connectivity index (χ0) is 15.9. The lowest BCUT2D eigenvalue weighted by Gasteiger charge is -2.18. The Morgan fingerprint density at radius 3 is 2.59 bits per heavy atom. The first-order valence-corrected chi connectivity index (χ1v) is 7.55. The summed E-state index contributed by atoms with van der Waals surface area (Å²) in [5.41, 5.74) is 2.85. The summed E-state index contributed by atoms with van der Waals surface area (Å²) in [5.74, 6) is 0.597. The second-order valence-corrected chi connectivity index (χ2v) is 5.05. The van der Waals surface area contributed by atoms with E-state index in [0.717, 1.165) is 0 Å². The summed E-state index contributed by atoms with van der Waals surface area (Å²) < 4.78 is 0. The zero-order valence-electron chi connectivity index (χ0n) is 13.3. The maximum absolute atomic E-state index is 12.3. The molecule has 116 valence electrons. The van der Waals surface area contributed by atoms with Gasteiger partial charge in [-0.2, -0.15) is 0 Å². The van der Waals surface area contributed by atoms with Crippen LogP contribution in [0.4, 0.5) is 5.82 Å². The second-order valence-electron chi connectivity index (χ2n) is 5.05. The fraction of sp³-hybridized carbons (Fsp3) is 0.353. The molecule has 1 N–H and O–H groups in total. The van der Waals surface area contributed by atoms with Gasteiger partial charge in [-0.1, -0.05) is 24.3 Å². The van der Waals surface area contributed by atoms with Crippen LogP contribution in [-0.4, -0.2) is 33.9 Å². The highest BCUT2D eigenvalue weighted by molar-refractivity contribution is 5.92. The summed E-state index contributed by atoms with van der Waals surface area (Å²) in [7, 11) is 0. The van der Waals surface area contributed by atoms with Crippen molar-refractivity contribution in [3.05, 3.63) is 53.5 Å². The number of hydrogen-bond donors (Lipinski definition) is 1. The molecule has 0 fully saturated rings. The first-order valence-electron chi connectivity index (χ1n) is 7.55. The quantitative estimate of drug-likeness (QED) is 0.891. The molecule has 2 rings (SSSR count). The molecular formula is C17H22N4O. The fourth-order valence-corrected chi connectivity index (χ4v) is 2.24. The summed E-state index contributed by atoms with van der Waals surface area (Å²) in [6.45, 7) is 8.01. The average Bonchev–Trinajstić information content (AvgIpc) is 2.55. The van der Waals surface area contributed by atoms with Crippen LogP contribution in [0.2, 0.25) is 0 Å². The van der Waals surface area contributed by atoms with Crippen LogP contribution >= 0.6 is 0 Å². The molecule has 0 spiro atoms. The maximum atomic E-state index is 12.3. The minimum absolute atomic E-state index is 0.0636. The van der Waals surface area contributed by atoms with Crippen LogP contribution in [0.3, 0.4) is 0 Å². The minimum Gasteiger partial charge on any atom is -0.366 e. The minimum atomic E-state index is -0.0636. The van der Waals surface area contributed by atoms with Crippen LogP contribution in [0.1, 0.15) is 35.5 Å². The molecule has 0 unspecified atom stereocenters. The van der Waals surface area contributed by atoms with Gasteiger partial charge in [0.2, 0.25) is 0 Å². The number of carbonyl (C=O) groups is 1. The molecule has 0 aliphatic carbocycles.